The van der Waals surface area contributed by atoms with Gasteiger partial charge in [-0.25, -0.2) is 0 Å². The van der Waals surface area contributed by atoms with Crippen molar-refractivity contribution in [2.75, 3.05) is 31.1 Å². The third kappa shape index (κ3) is 5.03. The lowest BCUT2D eigenvalue weighted by atomic mass is 9.88. The summed E-state index contributed by atoms with van der Waals surface area (Å²) in [5.74, 6) is 1.57. The zero-order valence-electron chi connectivity index (χ0n) is 18.3. The van der Waals surface area contributed by atoms with Gasteiger partial charge in [0.1, 0.15) is 0 Å². The normalized spacial score (nSPS) is 19.6. The molecule has 1 atom stereocenters. The number of hydrogen-bond donors (Lipinski definition) is 1. The number of amides is 2. The molecule has 2 saturated heterocycles. The molecule has 1 aromatic carbocycles. The minimum absolute atomic E-state index is 0.0325. The largest absolute Gasteiger partial charge is 0.353 e. The highest BCUT2D eigenvalue weighted by Crippen LogP contribution is 2.29. The number of aromatic nitrogens is 2. The van der Waals surface area contributed by atoms with E-state index in [1.165, 1.54) is 5.56 Å². The molecule has 2 aliphatic heterocycles. The molecule has 0 saturated carbocycles. The van der Waals surface area contributed by atoms with Crippen molar-refractivity contribution < 1.29 is 9.59 Å². The molecule has 164 valence electrons. The first-order valence-electron chi connectivity index (χ1n) is 11.2. The molecule has 0 aliphatic carbocycles. The summed E-state index contributed by atoms with van der Waals surface area (Å²) >= 11 is 0. The molecule has 7 heteroatoms. The Morgan fingerprint density at radius 2 is 1.77 bits per heavy atom. The summed E-state index contributed by atoms with van der Waals surface area (Å²) in [7, 11) is 0. The van der Waals surface area contributed by atoms with Crippen molar-refractivity contribution in [1.82, 2.24) is 20.4 Å². The van der Waals surface area contributed by atoms with Gasteiger partial charge in [0, 0.05) is 49.9 Å². The third-order valence-electron chi connectivity index (χ3n) is 6.35. The molecule has 2 aliphatic rings. The van der Waals surface area contributed by atoms with Gasteiger partial charge in [0.05, 0.1) is 0 Å². The molecule has 2 aromatic rings. The van der Waals surface area contributed by atoms with Crippen LogP contribution in [-0.4, -0.2) is 59.1 Å². The van der Waals surface area contributed by atoms with Gasteiger partial charge in [0.15, 0.2) is 5.82 Å². The number of likely N-dealkylation sites (tertiary alicyclic amines) is 1. The van der Waals surface area contributed by atoms with Gasteiger partial charge in [-0.1, -0.05) is 26.0 Å². The SMILES string of the molecule is CC(C)C(=O)N1CCC(c2ccc(C(=O)NC3CCN(c4cccnn4)C3)cc2)CC1. The van der Waals surface area contributed by atoms with E-state index in [0.717, 1.165) is 51.3 Å². The zero-order chi connectivity index (χ0) is 21.8. The number of nitrogens with zero attached hydrogens (tertiary/aromatic N) is 4. The van der Waals surface area contributed by atoms with Gasteiger partial charge in [-0.05, 0) is 55.0 Å². The van der Waals surface area contributed by atoms with Crippen LogP contribution in [-0.2, 0) is 4.79 Å². The van der Waals surface area contributed by atoms with E-state index >= 15 is 0 Å². The van der Waals surface area contributed by atoms with E-state index in [4.69, 9.17) is 0 Å². The van der Waals surface area contributed by atoms with E-state index in [2.05, 4.69) is 32.5 Å². The van der Waals surface area contributed by atoms with Crippen molar-refractivity contribution >= 4 is 17.6 Å². The number of anilines is 1. The van der Waals surface area contributed by atoms with Crippen LogP contribution in [0.15, 0.2) is 42.6 Å². The first-order valence-corrected chi connectivity index (χ1v) is 11.2. The van der Waals surface area contributed by atoms with E-state index in [-0.39, 0.29) is 23.8 Å². The average Bonchev–Trinajstić information content (AvgIpc) is 3.28. The highest BCUT2D eigenvalue weighted by molar-refractivity contribution is 5.94. The van der Waals surface area contributed by atoms with Crippen molar-refractivity contribution in [3.05, 3.63) is 53.7 Å². The van der Waals surface area contributed by atoms with Crippen LogP contribution in [0.3, 0.4) is 0 Å². The molecule has 2 fully saturated rings. The number of nitrogens with one attached hydrogen (secondary N) is 1. The highest BCUT2D eigenvalue weighted by atomic mass is 16.2. The van der Waals surface area contributed by atoms with Gasteiger partial charge in [-0.3, -0.25) is 9.59 Å². The Morgan fingerprint density at radius 3 is 2.42 bits per heavy atom. The monoisotopic (exact) mass is 421 g/mol. The van der Waals surface area contributed by atoms with Crippen molar-refractivity contribution in [2.45, 2.75) is 45.1 Å². The lowest BCUT2D eigenvalue weighted by Crippen LogP contribution is -2.40. The molecule has 0 spiro atoms. The summed E-state index contributed by atoms with van der Waals surface area (Å²) in [5, 5.41) is 11.2. The zero-order valence-corrected chi connectivity index (χ0v) is 18.3. The van der Waals surface area contributed by atoms with Crippen molar-refractivity contribution in [2.24, 2.45) is 5.92 Å². The summed E-state index contributed by atoms with van der Waals surface area (Å²) in [5.41, 5.74) is 1.94. The lowest BCUT2D eigenvalue weighted by molar-refractivity contribution is -0.135. The smallest absolute Gasteiger partial charge is 0.251 e. The lowest BCUT2D eigenvalue weighted by Gasteiger charge is -2.33. The molecule has 31 heavy (non-hydrogen) atoms. The highest BCUT2D eigenvalue weighted by Gasteiger charge is 2.27. The molecule has 0 radical (unpaired) electrons. The average molecular weight is 422 g/mol. The number of piperidine rings is 1. The molecule has 3 heterocycles. The van der Waals surface area contributed by atoms with Crippen LogP contribution in [0.1, 0.15) is 54.9 Å². The number of rotatable bonds is 5. The Hall–Kier alpha value is -2.96. The van der Waals surface area contributed by atoms with Gasteiger partial charge in [-0.15, -0.1) is 5.10 Å². The Morgan fingerprint density at radius 1 is 1.03 bits per heavy atom. The van der Waals surface area contributed by atoms with Crippen LogP contribution >= 0.6 is 0 Å². The van der Waals surface area contributed by atoms with E-state index in [9.17, 15) is 9.59 Å². The first-order chi connectivity index (χ1) is 15.0. The number of carbonyl (C=O) groups is 2. The van der Waals surface area contributed by atoms with Crippen LogP contribution < -0.4 is 10.2 Å². The fourth-order valence-electron chi connectivity index (χ4n) is 4.52. The molecular formula is C24H31N5O2. The maximum Gasteiger partial charge on any atom is 0.251 e. The summed E-state index contributed by atoms with van der Waals surface area (Å²) < 4.78 is 0. The minimum atomic E-state index is -0.0325. The number of benzene rings is 1. The predicted octanol–water partition coefficient (Wildman–Crippen LogP) is 2.85. The summed E-state index contributed by atoms with van der Waals surface area (Å²) in [6.45, 7) is 7.15. The standard InChI is InChI=1S/C24H31N5O2/c1-17(2)24(31)28-13-9-19(10-14-28)18-5-7-20(8-6-18)23(30)26-21-11-15-29(16-21)22-4-3-12-25-27-22/h3-8,12,17,19,21H,9-11,13-16H2,1-2H3,(H,26,30). The Balaban J connectivity index is 1.29. The molecule has 4 rings (SSSR count). The topological polar surface area (TPSA) is 78.4 Å². The number of hydrogen-bond acceptors (Lipinski definition) is 5. The van der Waals surface area contributed by atoms with E-state index < -0.39 is 0 Å². The Bertz CT molecular complexity index is 892. The molecule has 7 nitrogen and oxygen atoms in total. The quantitative estimate of drug-likeness (QED) is 0.803. The van der Waals surface area contributed by atoms with E-state index in [1.807, 2.05) is 43.0 Å². The van der Waals surface area contributed by atoms with Crippen LogP contribution in [0, 0.1) is 5.92 Å². The van der Waals surface area contributed by atoms with Crippen LogP contribution in [0.2, 0.25) is 0 Å². The third-order valence-corrected chi connectivity index (χ3v) is 6.35. The molecule has 1 N–H and O–H groups in total. The molecule has 0 bridgehead atoms. The van der Waals surface area contributed by atoms with Gasteiger partial charge >= 0.3 is 0 Å². The molecule has 1 aromatic heterocycles. The summed E-state index contributed by atoms with van der Waals surface area (Å²) in [6, 6.07) is 11.9. The van der Waals surface area contributed by atoms with Crippen LogP contribution in [0.4, 0.5) is 5.82 Å². The first kappa shape index (κ1) is 21.3. The minimum Gasteiger partial charge on any atom is -0.353 e. The second kappa shape index (κ2) is 9.45. The molecule has 1 unspecified atom stereocenters. The van der Waals surface area contributed by atoms with Gasteiger partial charge < -0.3 is 15.1 Å². The summed E-state index contributed by atoms with van der Waals surface area (Å²) in [4.78, 5) is 29.0. The molecular weight excluding hydrogens is 390 g/mol. The van der Waals surface area contributed by atoms with Crippen molar-refractivity contribution in [3.8, 4) is 0 Å². The number of carbonyl (C=O) groups excluding carboxylic acids is 2. The Labute approximate surface area is 183 Å². The van der Waals surface area contributed by atoms with Crippen LogP contribution in [0.25, 0.3) is 0 Å². The fourth-order valence-corrected chi connectivity index (χ4v) is 4.52. The second-order valence-electron chi connectivity index (χ2n) is 8.86. The molecule has 2 amide bonds. The summed E-state index contributed by atoms with van der Waals surface area (Å²) in [6.07, 6.45) is 4.51. The van der Waals surface area contributed by atoms with Crippen LogP contribution in [0.5, 0.6) is 0 Å². The maximum absolute atomic E-state index is 12.7. The predicted molar refractivity (Wildman–Crippen MR) is 120 cm³/mol. The maximum atomic E-state index is 12.7. The second-order valence-corrected chi connectivity index (χ2v) is 8.86. The van der Waals surface area contributed by atoms with E-state index in [1.54, 1.807) is 6.20 Å². The van der Waals surface area contributed by atoms with Gasteiger partial charge in [0.2, 0.25) is 5.91 Å². The van der Waals surface area contributed by atoms with E-state index in [0.29, 0.717) is 11.5 Å². The fraction of sp³-hybridized carbons (Fsp3) is 0.500. The Kier molecular flexibility index (Phi) is 6.49. The van der Waals surface area contributed by atoms with Gasteiger partial charge in [-0.2, -0.15) is 5.10 Å². The van der Waals surface area contributed by atoms with Gasteiger partial charge in [0.25, 0.3) is 5.91 Å². The van der Waals surface area contributed by atoms with Crippen molar-refractivity contribution in [3.63, 3.8) is 0 Å². The van der Waals surface area contributed by atoms with Crippen molar-refractivity contribution in [1.29, 1.82) is 0 Å².